The number of hydrogen-bond acceptors (Lipinski definition) is 2. The molecule has 2 nitrogen and oxygen atoms in total. The van der Waals surface area contributed by atoms with E-state index in [2.05, 4.69) is 19.2 Å². The van der Waals surface area contributed by atoms with Crippen LogP contribution < -0.4 is 5.32 Å². The van der Waals surface area contributed by atoms with Gasteiger partial charge in [-0.1, -0.05) is 20.3 Å². The van der Waals surface area contributed by atoms with Gasteiger partial charge in [-0.05, 0) is 31.7 Å². The Kier molecular flexibility index (Phi) is 2.79. The number of hydrogen-bond donors (Lipinski definition) is 2. The first-order valence-electron chi connectivity index (χ1n) is 4.83. The van der Waals surface area contributed by atoms with Gasteiger partial charge in [-0.3, -0.25) is 0 Å². The normalized spacial score (nSPS) is 35.0. The van der Waals surface area contributed by atoms with Crippen LogP contribution in [0.15, 0.2) is 0 Å². The molecule has 2 N–H and O–H groups in total. The topological polar surface area (TPSA) is 32.3 Å². The van der Waals surface area contributed by atoms with E-state index in [0.29, 0.717) is 5.41 Å². The molecule has 1 fully saturated rings. The Labute approximate surface area is 75.4 Å². The van der Waals surface area contributed by atoms with Crippen molar-refractivity contribution in [2.45, 2.75) is 45.1 Å². The summed E-state index contributed by atoms with van der Waals surface area (Å²) < 4.78 is 0. The van der Waals surface area contributed by atoms with Crippen LogP contribution in [-0.4, -0.2) is 24.3 Å². The number of aliphatic hydroxyl groups is 1. The van der Waals surface area contributed by atoms with Crippen LogP contribution in [-0.2, 0) is 0 Å². The van der Waals surface area contributed by atoms with Crippen molar-refractivity contribution in [3.8, 4) is 0 Å². The minimum absolute atomic E-state index is 0.00174. The third kappa shape index (κ3) is 1.99. The molecule has 1 aliphatic carbocycles. The van der Waals surface area contributed by atoms with Gasteiger partial charge in [-0.15, -0.1) is 0 Å². The first kappa shape index (κ1) is 10.0. The zero-order chi connectivity index (χ0) is 9.24. The molecule has 0 aromatic heterocycles. The van der Waals surface area contributed by atoms with Crippen molar-refractivity contribution in [1.29, 1.82) is 0 Å². The largest absolute Gasteiger partial charge is 0.394 e. The highest BCUT2D eigenvalue weighted by Gasteiger charge is 2.38. The minimum atomic E-state index is 0.00174. The second kappa shape index (κ2) is 3.35. The zero-order valence-electron chi connectivity index (χ0n) is 8.48. The van der Waals surface area contributed by atoms with E-state index in [1.165, 1.54) is 12.8 Å². The van der Waals surface area contributed by atoms with Gasteiger partial charge >= 0.3 is 0 Å². The third-order valence-electron chi connectivity index (χ3n) is 3.16. The summed E-state index contributed by atoms with van der Waals surface area (Å²) in [7, 11) is 1.96. The molecule has 0 heterocycles. The Balaban J connectivity index is 2.65. The third-order valence-corrected chi connectivity index (χ3v) is 3.16. The van der Waals surface area contributed by atoms with Crippen LogP contribution in [0.25, 0.3) is 0 Å². The number of nitrogens with one attached hydrogen (secondary N) is 1. The molecule has 0 saturated heterocycles. The second-order valence-electron chi connectivity index (χ2n) is 4.88. The molecule has 0 aromatic carbocycles. The van der Waals surface area contributed by atoms with Crippen molar-refractivity contribution >= 4 is 0 Å². The fourth-order valence-corrected chi connectivity index (χ4v) is 2.43. The van der Waals surface area contributed by atoms with Crippen molar-refractivity contribution < 1.29 is 5.11 Å². The smallest absolute Gasteiger partial charge is 0.0613 e. The van der Waals surface area contributed by atoms with Crippen molar-refractivity contribution in [3.05, 3.63) is 0 Å². The first-order chi connectivity index (χ1) is 5.54. The average molecular weight is 171 g/mol. The Morgan fingerprint density at radius 3 is 2.33 bits per heavy atom. The second-order valence-corrected chi connectivity index (χ2v) is 4.88. The molecule has 1 atom stereocenters. The predicted molar refractivity (Wildman–Crippen MR) is 51.1 cm³/mol. The Bertz CT molecular complexity index is 150. The van der Waals surface area contributed by atoms with E-state index >= 15 is 0 Å². The fourth-order valence-electron chi connectivity index (χ4n) is 2.43. The van der Waals surface area contributed by atoms with Gasteiger partial charge in [-0.25, -0.2) is 0 Å². The van der Waals surface area contributed by atoms with E-state index in [-0.39, 0.29) is 12.1 Å². The Morgan fingerprint density at radius 2 is 2.00 bits per heavy atom. The standard InChI is InChI=1S/C10H21NO/c1-9(2)5-4-6-10(7-9,8-12)11-3/h11-12H,4-8H2,1-3H3. The van der Waals surface area contributed by atoms with Gasteiger partial charge in [0.05, 0.1) is 6.61 Å². The quantitative estimate of drug-likeness (QED) is 0.660. The summed E-state index contributed by atoms with van der Waals surface area (Å²) in [6.45, 7) is 4.84. The maximum Gasteiger partial charge on any atom is 0.0613 e. The van der Waals surface area contributed by atoms with Crippen molar-refractivity contribution in [3.63, 3.8) is 0 Å². The zero-order valence-corrected chi connectivity index (χ0v) is 8.48. The summed E-state index contributed by atoms with van der Waals surface area (Å²) in [5, 5.41) is 12.6. The van der Waals surface area contributed by atoms with E-state index in [4.69, 9.17) is 0 Å². The van der Waals surface area contributed by atoms with E-state index in [1.807, 2.05) is 7.05 Å². The lowest BCUT2D eigenvalue weighted by atomic mass is 9.68. The molecular formula is C10H21NO. The molecule has 2 heteroatoms. The fraction of sp³-hybridized carbons (Fsp3) is 1.00. The number of likely N-dealkylation sites (N-methyl/N-ethyl adjacent to an activating group) is 1. The monoisotopic (exact) mass is 171 g/mol. The number of aliphatic hydroxyl groups excluding tert-OH is 1. The van der Waals surface area contributed by atoms with Gasteiger partial charge in [0.2, 0.25) is 0 Å². The molecule has 72 valence electrons. The van der Waals surface area contributed by atoms with Crippen molar-refractivity contribution in [2.75, 3.05) is 13.7 Å². The van der Waals surface area contributed by atoms with Crippen LogP contribution in [0, 0.1) is 5.41 Å². The molecule has 0 spiro atoms. The van der Waals surface area contributed by atoms with E-state index < -0.39 is 0 Å². The lowest BCUT2D eigenvalue weighted by molar-refractivity contribution is 0.0684. The summed E-state index contributed by atoms with van der Waals surface area (Å²) in [5.74, 6) is 0. The Hall–Kier alpha value is -0.0800. The highest BCUT2D eigenvalue weighted by Crippen LogP contribution is 2.40. The average Bonchev–Trinajstić information content (AvgIpc) is 2.02. The van der Waals surface area contributed by atoms with Crippen LogP contribution in [0.1, 0.15) is 39.5 Å². The predicted octanol–water partition coefficient (Wildman–Crippen LogP) is 1.54. The van der Waals surface area contributed by atoms with Crippen LogP contribution in [0.4, 0.5) is 0 Å². The summed E-state index contributed by atoms with van der Waals surface area (Å²) >= 11 is 0. The molecule has 12 heavy (non-hydrogen) atoms. The van der Waals surface area contributed by atoms with Gasteiger partial charge in [0, 0.05) is 5.54 Å². The summed E-state index contributed by atoms with van der Waals surface area (Å²) in [5.41, 5.74) is 0.395. The SMILES string of the molecule is CNC1(CO)CCCC(C)(C)C1. The molecule has 0 aromatic rings. The molecule has 0 bridgehead atoms. The van der Waals surface area contributed by atoms with E-state index in [1.54, 1.807) is 0 Å². The summed E-state index contributed by atoms with van der Waals surface area (Å²) in [6, 6.07) is 0. The Morgan fingerprint density at radius 1 is 1.33 bits per heavy atom. The molecule has 1 saturated carbocycles. The molecule has 0 amide bonds. The molecule has 1 unspecified atom stereocenters. The van der Waals surface area contributed by atoms with Gasteiger partial charge in [-0.2, -0.15) is 0 Å². The summed E-state index contributed by atoms with van der Waals surface area (Å²) in [6.07, 6.45) is 4.72. The molecule has 0 aliphatic heterocycles. The first-order valence-corrected chi connectivity index (χ1v) is 4.83. The lowest BCUT2D eigenvalue weighted by Gasteiger charge is -2.43. The maximum absolute atomic E-state index is 9.31. The molecule has 1 rings (SSSR count). The highest BCUT2D eigenvalue weighted by molar-refractivity contribution is 4.95. The molecule has 0 radical (unpaired) electrons. The van der Waals surface area contributed by atoms with Crippen molar-refractivity contribution in [2.24, 2.45) is 5.41 Å². The number of rotatable bonds is 2. The van der Waals surface area contributed by atoms with Crippen LogP contribution in [0.5, 0.6) is 0 Å². The highest BCUT2D eigenvalue weighted by atomic mass is 16.3. The van der Waals surface area contributed by atoms with Gasteiger partial charge < -0.3 is 10.4 Å². The molecular weight excluding hydrogens is 150 g/mol. The minimum Gasteiger partial charge on any atom is -0.394 e. The van der Waals surface area contributed by atoms with E-state index in [9.17, 15) is 5.11 Å². The van der Waals surface area contributed by atoms with Crippen LogP contribution in [0.3, 0.4) is 0 Å². The van der Waals surface area contributed by atoms with Gasteiger partial charge in [0.1, 0.15) is 0 Å². The maximum atomic E-state index is 9.31. The van der Waals surface area contributed by atoms with Crippen LogP contribution in [0.2, 0.25) is 0 Å². The lowest BCUT2D eigenvalue weighted by Crippen LogP contribution is -2.51. The van der Waals surface area contributed by atoms with Gasteiger partial charge in [0.25, 0.3) is 0 Å². The van der Waals surface area contributed by atoms with Crippen LogP contribution >= 0.6 is 0 Å². The summed E-state index contributed by atoms with van der Waals surface area (Å²) in [4.78, 5) is 0. The van der Waals surface area contributed by atoms with Crippen molar-refractivity contribution in [1.82, 2.24) is 5.32 Å². The van der Waals surface area contributed by atoms with Gasteiger partial charge in [0.15, 0.2) is 0 Å². The molecule has 1 aliphatic rings. The van der Waals surface area contributed by atoms with E-state index in [0.717, 1.165) is 12.8 Å².